The summed E-state index contributed by atoms with van der Waals surface area (Å²) in [6, 6.07) is 8.03. The predicted octanol–water partition coefficient (Wildman–Crippen LogP) is 3.06. The van der Waals surface area contributed by atoms with E-state index in [4.69, 9.17) is 4.74 Å². The normalized spacial score (nSPS) is 20.0. The second-order valence-corrected chi connectivity index (χ2v) is 10.3. The Morgan fingerprint density at radius 2 is 1.88 bits per heavy atom. The summed E-state index contributed by atoms with van der Waals surface area (Å²) in [5.41, 5.74) is 1.49. The van der Waals surface area contributed by atoms with Crippen molar-refractivity contribution in [1.82, 2.24) is 19.1 Å². The van der Waals surface area contributed by atoms with Gasteiger partial charge in [-0.25, -0.2) is 18.1 Å². The van der Waals surface area contributed by atoms with Crippen LogP contribution in [-0.4, -0.2) is 58.7 Å². The molecular weight excluding hydrogens is 430 g/mol. The molecule has 0 bridgehead atoms. The van der Waals surface area contributed by atoms with Gasteiger partial charge in [0.2, 0.25) is 10.0 Å². The Morgan fingerprint density at radius 3 is 2.56 bits per heavy atom. The first-order valence-corrected chi connectivity index (χ1v) is 12.0. The van der Waals surface area contributed by atoms with Crippen LogP contribution in [0.2, 0.25) is 0 Å². The second-order valence-electron chi connectivity index (χ2n) is 8.38. The van der Waals surface area contributed by atoms with Crippen LogP contribution in [0.5, 0.6) is 0 Å². The largest absolute Gasteiger partial charge is 0.373 e. The Morgan fingerprint density at radius 1 is 1.16 bits per heavy atom. The van der Waals surface area contributed by atoms with E-state index in [2.05, 4.69) is 15.4 Å². The molecule has 1 aliphatic heterocycles. The van der Waals surface area contributed by atoms with Crippen LogP contribution in [-0.2, 0) is 14.8 Å². The van der Waals surface area contributed by atoms with Crippen molar-refractivity contribution in [1.29, 1.82) is 0 Å². The Balaban J connectivity index is 1.55. The number of nitrogens with one attached hydrogen (secondary N) is 1. The number of benzene rings is 1. The maximum absolute atomic E-state index is 13.1. The molecule has 9 nitrogen and oxygen atoms in total. The van der Waals surface area contributed by atoms with Gasteiger partial charge in [-0.15, -0.1) is 0 Å². The highest BCUT2D eigenvalue weighted by atomic mass is 32.2. The fourth-order valence-corrected chi connectivity index (χ4v) is 5.50. The lowest BCUT2D eigenvalue weighted by molar-refractivity contribution is -0.0440. The van der Waals surface area contributed by atoms with E-state index in [1.54, 1.807) is 30.6 Å². The van der Waals surface area contributed by atoms with Gasteiger partial charge < -0.3 is 10.1 Å². The molecule has 2 atom stereocenters. The van der Waals surface area contributed by atoms with E-state index in [0.29, 0.717) is 5.69 Å². The van der Waals surface area contributed by atoms with Crippen molar-refractivity contribution in [3.63, 3.8) is 0 Å². The van der Waals surface area contributed by atoms with E-state index < -0.39 is 15.9 Å². The number of rotatable bonds is 5. The number of sulfonamides is 1. The van der Waals surface area contributed by atoms with Gasteiger partial charge in [0.1, 0.15) is 0 Å². The van der Waals surface area contributed by atoms with Crippen molar-refractivity contribution < 1.29 is 17.9 Å². The molecular formula is C22H27N5O4S. The monoisotopic (exact) mass is 457 g/mol. The zero-order chi connectivity index (χ0) is 23.0. The van der Waals surface area contributed by atoms with E-state index in [1.807, 2.05) is 32.4 Å². The third-order valence-corrected chi connectivity index (χ3v) is 7.13. The number of nitrogens with zero attached hydrogens (tertiary/aromatic N) is 4. The first-order chi connectivity index (χ1) is 15.1. The summed E-state index contributed by atoms with van der Waals surface area (Å²) >= 11 is 0. The van der Waals surface area contributed by atoms with Crippen LogP contribution in [0, 0.1) is 0 Å². The Hall–Kier alpha value is -2.82. The molecule has 0 saturated carbocycles. The van der Waals surface area contributed by atoms with Gasteiger partial charge >= 0.3 is 0 Å². The quantitative estimate of drug-likeness (QED) is 0.631. The highest BCUT2D eigenvalue weighted by molar-refractivity contribution is 7.89. The summed E-state index contributed by atoms with van der Waals surface area (Å²) in [4.78, 5) is 17.3. The van der Waals surface area contributed by atoms with Gasteiger partial charge in [-0.3, -0.25) is 4.79 Å². The number of fused-ring (bicyclic) bond motifs is 1. The summed E-state index contributed by atoms with van der Waals surface area (Å²) in [6.45, 7) is 8.28. The van der Waals surface area contributed by atoms with Crippen molar-refractivity contribution in [2.45, 2.75) is 50.8 Å². The van der Waals surface area contributed by atoms with Gasteiger partial charge in [0.25, 0.3) is 5.91 Å². The van der Waals surface area contributed by atoms with Crippen LogP contribution in [0.25, 0.3) is 11.0 Å². The zero-order valence-corrected chi connectivity index (χ0v) is 19.3. The Labute approximate surface area is 187 Å². The van der Waals surface area contributed by atoms with Crippen LogP contribution in [0.3, 0.4) is 0 Å². The molecule has 3 aromatic rings. The maximum Gasteiger partial charge on any atom is 0.255 e. The summed E-state index contributed by atoms with van der Waals surface area (Å²) < 4.78 is 35.1. The predicted molar refractivity (Wildman–Crippen MR) is 121 cm³/mol. The first-order valence-electron chi connectivity index (χ1n) is 10.6. The van der Waals surface area contributed by atoms with Crippen LogP contribution < -0.4 is 5.32 Å². The van der Waals surface area contributed by atoms with Gasteiger partial charge in [0.05, 0.1) is 35.2 Å². The van der Waals surface area contributed by atoms with Gasteiger partial charge in [-0.1, -0.05) is 6.07 Å². The minimum atomic E-state index is -3.74. The molecule has 1 fully saturated rings. The molecule has 1 aliphatic rings. The molecule has 3 heterocycles. The van der Waals surface area contributed by atoms with E-state index in [-0.39, 0.29) is 41.8 Å². The lowest BCUT2D eigenvalue weighted by Crippen LogP contribution is -2.48. The molecule has 0 spiro atoms. The molecule has 2 unspecified atom stereocenters. The fourth-order valence-electron chi connectivity index (χ4n) is 3.86. The highest BCUT2D eigenvalue weighted by Crippen LogP contribution is 2.23. The summed E-state index contributed by atoms with van der Waals surface area (Å²) in [5.74, 6) is -0.414. The van der Waals surface area contributed by atoms with Gasteiger partial charge in [-0.2, -0.15) is 9.40 Å². The molecule has 0 aliphatic carbocycles. The van der Waals surface area contributed by atoms with E-state index in [1.165, 1.54) is 16.4 Å². The number of carbonyl (C=O) groups is 1. The average Bonchev–Trinajstić information content (AvgIpc) is 3.16. The second kappa shape index (κ2) is 8.61. The number of pyridine rings is 1. The molecule has 1 N–H and O–H groups in total. The number of aromatic nitrogens is 3. The number of hydrogen-bond acceptors (Lipinski definition) is 6. The zero-order valence-electron chi connectivity index (χ0n) is 18.5. The fraction of sp³-hybridized carbons (Fsp3) is 0.409. The molecule has 10 heteroatoms. The van der Waals surface area contributed by atoms with Gasteiger partial charge in [0.15, 0.2) is 5.65 Å². The van der Waals surface area contributed by atoms with Crippen LogP contribution in [0.15, 0.2) is 47.6 Å². The molecule has 1 saturated heterocycles. The standard InChI is InChI=1S/C22H27N5O4S/c1-14(2)27-21-18(10-24-27)8-19(11-23-21)25-22(28)17-6-5-7-20(9-17)32(29,30)26-12-15(3)31-16(4)13-26/h5-11,14-16H,12-13H2,1-4H3,(H,25,28). The molecule has 0 radical (unpaired) electrons. The van der Waals surface area contributed by atoms with Crippen molar-refractivity contribution in [2.75, 3.05) is 18.4 Å². The van der Waals surface area contributed by atoms with Gasteiger partial charge in [-0.05, 0) is 52.0 Å². The average molecular weight is 458 g/mol. The van der Waals surface area contributed by atoms with Crippen molar-refractivity contribution in [3.8, 4) is 0 Å². The summed E-state index contributed by atoms with van der Waals surface area (Å²) in [6.07, 6.45) is 2.89. The van der Waals surface area contributed by atoms with E-state index in [9.17, 15) is 13.2 Å². The van der Waals surface area contributed by atoms with Crippen LogP contribution in [0.4, 0.5) is 5.69 Å². The number of hydrogen-bond donors (Lipinski definition) is 1. The minimum absolute atomic E-state index is 0.0817. The van der Waals surface area contributed by atoms with E-state index in [0.717, 1.165) is 11.0 Å². The van der Waals surface area contributed by atoms with Crippen LogP contribution in [0.1, 0.15) is 44.1 Å². The van der Waals surface area contributed by atoms with Crippen molar-refractivity contribution in [2.24, 2.45) is 0 Å². The smallest absolute Gasteiger partial charge is 0.255 e. The molecule has 1 amide bonds. The van der Waals surface area contributed by atoms with E-state index >= 15 is 0 Å². The number of ether oxygens (including phenoxy) is 1. The first kappa shape index (κ1) is 22.4. The molecule has 32 heavy (non-hydrogen) atoms. The number of morpholine rings is 1. The van der Waals surface area contributed by atoms with Crippen molar-refractivity contribution >= 4 is 32.7 Å². The molecule has 1 aromatic carbocycles. The van der Waals surface area contributed by atoms with Crippen molar-refractivity contribution in [3.05, 3.63) is 48.3 Å². The molecule has 170 valence electrons. The Kier molecular flexibility index (Phi) is 6.02. The lowest BCUT2D eigenvalue weighted by atomic mass is 10.2. The summed E-state index contributed by atoms with van der Waals surface area (Å²) in [5, 5.41) is 7.93. The third kappa shape index (κ3) is 4.38. The Bertz CT molecular complexity index is 1240. The maximum atomic E-state index is 13.1. The van der Waals surface area contributed by atoms with Crippen LogP contribution >= 0.6 is 0 Å². The number of carbonyl (C=O) groups excluding carboxylic acids is 1. The highest BCUT2D eigenvalue weighted by Gasteiger charge is 2.32. The number of anilines is 1. The lowest BCUT2D eigenvalue weighted by Gasteiger charge is -2.34. The van der Waals surface area contributed by atoms with Gasteiger partial charge in [0, 0.05) is 30.1 Å². The topological polar surface area (TPSA) is 106 Å². The minimum Gasteiger partial charge on any atom is -0.373 e. The number of amides is 1. The SMILES string of the molecule is CC1CN(S(=O)(=O)c2cccc(C(=O)Nc3cnc4c(cnn4C(C)C)c3)c2)CC(C)O1. The molecule has 4 rings (SSSR count). The third-order valence-electron chi connectivity index (χ3n) is 5.30. The molecule has 2 aromatic heterocycles. The summed E-state index contributed by atoms with van der Waals surface area (Å²) in [7, 11) is -3.74.